The van der Waals surface area contributed by atoms with E-state index in [1.807, 2.05) is 0 Å². The SMILES string of the molecule is C1=CC2C(c3ccccc3)=CC=C(n3c4ccccc4c4cc5c6ccc7ccccc7c6n(-c6ccccc6)c5cc43)C2C=C1. The third-order valence-electron chi connectivity index (χ3n) is 10.1. The second-order valence-electron chi connectivity index (χ2n) is 12.5. The summed E-state index contributed by atoms with van der Waals surface area (Å²) in [6.07, 6.45) is 13.9. The van der Waals surface area contributed by atoms with Crippen LogP contribution in [0.5, 0.6) is 0 Å². The molecule has 8 aromatic rings. The van der Waals surface area contributed by atoms with E-state index in [9.17, 15) is 0 Å². The van der Waals surface area contributed by atoms with E-state index in [4.69, 9.17) is 0 Å². The zero-order valence-corrected chi connectivity index (χ0v) is 25.2. The van der Waals surface area contributed by atoms with Crippen molar-refractivity contribution in [2.24, 2.45) is 11.8 Å². The molecule has 2 heterocycles. The Morgan fingerprint density at radius 1 is 0.435 bits per heavy atom. The Kier molecular flexibility index (Phi) is 5.44. The van der Waals surface area contributed by atoms with Gasteiger partial charge in [0.25, 0.3) is 0 Å². The van der Waals surface area contributed by atoms with Crippen LogP contribution in [0, 0.1) is 11.8 Å². The molecule has 0 aliphatic heterocycles. The van der Waals surface area contributed by atoms with Crippen LogP contribution in [0.4, 0.5) is 0 Å². The topological polar surface area (TPSA) is 9.86 Å². The van der Waals surface area contributed by atoms with Crippen LogP contribution in [0.2, 0.25) is 0 Å². The maximum absolute atomic E-state index is 2.54. The van der Waals surface area contributed by atoms with Gasteiger partial charge in [-0.2, -0.15) is 0 Å². The van der Waals surface area contributed by atoms with Gasteiger partial charge in [-0.05, 0) is 52.9 Å². The van der Waals surface area contributed by atoms with Crippen LogP contribution in [-0.2, 0) is 0 Å². The molecule has 2 aliphatic carbocycles. The summed E-state index contributed by atoms with van der Waals surface area (Å²) in [5.41, 5.74) is 10.1. The van der Waals surface area contributed by atoms with Crippen molar-refractivity contribution in [1.82, 2.24) is 9.13 Å². The van der Waals surface area contributed by atoms with Gasteiger partial charge in [-0.15, -0.1) is 0 Å². The van der Waals surface area contributed by atoms with Gasteiger partial charge < -0.3 is 9.13 Å². The molecule has 2 aliphatic rings. The lowest BCUT2D eigenvalue weighted by atomic mass is 9.75. The zero-order valence-electron chi connectivity index (χ0n) is 25.2. The molecule has 0 amide bonds. The van der Waals surface area contributed by atoms with Gasteiger partial charge in [0.2, 0.25) is 0 Å². The fraction of sp³-hybridized carbons (Fsp3) is 0.0455. The van der Waals surface area contributed by atoms with Crippen LogP contribution < -0.4 is 0 Å². The van der Waals surface area contributed by atoms with Crippen molar-refractivity contribution < 1.29 is 0 Å². The molecule has 0 radical (unpaired) electrons. The smallest absolute Gasteiger partial charge is 0.0619 e. The summed E-state index contributed by atoms with van der Waals surface area (Å²) in [4.78, 5) is 0. The summed E-state index contributed by atoms with van der Waals surface area (Å²) in [7, 11) is 0. The molecule has 6 aromatic carbocycles. The molecule has 2 unspecified atom stereocenters. The molecule has 0 bridgehead atoms. The van der Waals surface area contributed by atoms with Gasteiger partial charge >= 0.3 is 0 Å². The first kappa shape index (κ1) is 25.5. The van der Waals surface area contributed by atoms with Crippen LogP contribution in [0.1, 0.15) is 5.56 Å². The van der Waals surface area contributed by atoms with E-state index in [-0.39, 0.29) is 11.8 Å². The fourth-order valence-corrected chi connectivity index (χ4v) is 8.09. The van der Waals surface area contributed by atoms with E-state index in [0.29, 0.717) is 0 Å². The van der Waals surface area contributed by atoms with E-state index in [1.165, 1.54) is 76.9 Å². The van der Waals surface area contributed by atoms with E-state index in [0.717, 1.165) is 0 Å². The predicted octanol–water partition coefficient (Wildman–Crippen LogP) is 11.3. The monoisotopic (exact) mass is 586 g/mol. The minimum absolute atomic E-state index is 0.226. The molecule has 0 saturated heterocycles. The summed E-state index contributed by atoms with van der Waals surface area (Å²) in [5, 5.41) is 7.66. The molecule has 0 spiro atoms. The molecular weight excluding hydrogens is 556 g/mol. The van der Waals surface area contributed by atoms with Crippen molar-refractivity contribution in [3.8, 4) is 5.69 Å². The van der Waals surface area contributed by atoms with Crippen LogP contribution in [-0.4, -0.2) is 9.13 Å². The molecule has 2 aromatic heterocycles. The molecule has 0 fully saturated rings. The lowest BCUT2D eigenvalue weighted by Gasteiger charge is -2.33. The maximum atomic E-state index is 2.54. The van der Waals surface area contributed by atoms with Gasteiger partial charge in [0.1, 0.15) is 0 Å². The Morgan fingerprint density at radius 3 is 1.96 bits per heavy atom. The minimum atomic E-state index is 0.226. The third kappa shape index (κ3) is 3.59. The second kappa shape index (κ2) is 9.82. The highest BCUT2D eigenvalue weighted by molar-refractivity contribution is 6.23. The quantitative estimate of drug-likeness (QED) is 0.195. The Labute approximate surface area is 267 Å². The summed E-state index contributed by atoms with van der Waals surface area (Å²) in [5.74, 6) is 0.498. The number of benzene rings is 6. The molecular formula is C44H30N2. The van der Waals surface area contributed by atoms with Gasteiger partial charge in [0.05, 0.1) is 22.1 Å². The highest BCUT2D eigenvalue weighted by Crippen LogP contribution is 2.46. The van der Waals surface area contributed by atoms with Crippen LogP contribution >= 0.6 is 0 Å². The van der Waals surface area contributed by atoms with Crippen LogP contribution in [0.3, 0.4) is 0 Å². The van der Waals surface area contributed by atoms with Gasteiger partial charge in [-0.1, -0.05) is 134 Å². The number of hydrogen-bond acceptors (Lipinski definition) is 0. The molecule has 2 atom stereocenters. The van der Waals surface area contributed by atoms with E-state index < -0.39 is 0 Å². The molecule has 10 rings (SSSR count). The van der Waals surface area contributed by atoms with Gasteiger partial charge in [0.15, 0.2) is 0 Å². The summed E-state index contributed by atoms with van der Waals surface area (Å²) in [6, 6.07) is 48.8. The lowest BCUT2D eigenvalue weighted by Crippen LogP contribution is -2.21. The van der Waals surface area contributed by atoms with E-state index >= 15 is 0 Å². The number of para-hydroxylation sites is 2. The average molecular weight is 587 g/mol. The maximum Gasteiger partial charge on any atom is 0.0619 e. The Bertz CT molecular complexity index is 2620. The average Bonchev–Trinajstić information content (AvgIpc) is 3.63. The highest BCUT2D eigenvalue weighted by atomic mass is 15.0. The molecule has 0 saturated carbocycles. The fourth-order valence-electron chi connectivity index (χ4n) is 8.09. The molecule has 2 heteroatoms. The van der Waals surface area contributed by atoms with Crippen molar-refractivity contribution >= 4 is 65.7 Å². The number of hydrogen-bond donors (Lipinski definition) is 0. The molecule has 2 nitrogen and oxygen atoms in total. The lowest BCUT2D eigenvalue weighted by molar-refractivity contribution is 0.672. The van der Waals surface area contributed by atoms with Crippen molar-refractivity contribution in [3.05, 3.63) is 175 Å². The van der Waals surface area contributed by atoms with Crippen LogP contribution in [0.25, 0.3) is 71.3 Å². The zero-order chi connectivity index (χ0) is 30.2. The second-order valence-corrected chi connectivity index (χ2v) is 12.5. The van der Waals surface area contributed by atoms with Gasteiger partial charge in [-0.3, -0.25) is 0 Å². The highest BCUT2D eigenvalue weighted by Gasteiger charge is 2.31. The minimum Gasteiger partial charge on any atom is -0.312 e. The van der Waals surface area contributed by atoms with Crippen molar-refractivity contribution in [3.63, 3.8) is 0 Å². The number of allylic oxidation sites excluding steroid dienone is 8. The van der Waals surface area contributed by atoms with Gasteiger partial charge in [0, 0.05) is 50.2 Å². The largest absolute Gasteiger partial charge is 0.312 e. The first-order valence-electron chi connectivity index (χ1n) is 16.1. The molecule has 216 valence electrons. The van der Waals surface area contributed by atoms with Crippen molar-refractivity contribution in [2.75, 3.05) is 0 Å². The molecule has 46 heavy (non-hydrogen) atoms. The number of fused-ring (bicyclic) bond motifs is 9. The van der Waals surface area contributed by atoms with E-state index in [2.05, 4.69) is 179 Å². The number of aromatic nitrogens is 2. The Balaban J connectivity index is 1.33. The number of rotatable bonds is 3. The Hall–Kier alpha value is -5.86. The summed E-state index contributed by atoms with van der Waals surface area (Å²) in [6.45, 7) is 0. The first-order valence-corrected chi connectivity index (χ1v) is 16.1. The first-order chi connectivity index (χ1) is 22.8. The standard InChI is InChI=1S/C44H30N2/c1-3-13-29(14-4-1)32-25-26-41(35-20-10-9-19-34(32)35)46-40-22-12-11-21-36(40)38-27-39-37-24-23-30-15-7-8-18-33(30)44(37)45(42(39)28-43(38)46)31-16-5-2-6-17-31/h1-28,34-35H. The number of nitrogens with zero attached hydrogens (tertiary/aromatic N) is 2. The summed E-state index contributed by atoms with van der Waals surface area (Å²) < 4.78 is 5.01. The Morgan fingerprint density at radius 2 is 1.11 bits per heavy atom. The normalized spacial score (nSPS) is 17.7. The third-order valence-corrected chi connectivity index (χ3v) is 10.1. The predicted molar refractivity (Wildman–Crippen MR) is 195 cm³/mol. The molecule has 0 N–H and O–H groups in total. The van der Waals surface area contributed by atoms with Crippen LogP contribution in [0.15, 0.2) is 170 Å². The van der Waals surface area contributed by atoms with Crippen molar-refractivity contribution in [2.45, 2.75) is 0 Å². The van der Waals surface area contributed by atoms with Crippen molar-refractivity contribution in [1.29, 1.82) is 0 Å². The van der Waals surface area contributed by atoms with E-state index in [1.54, 1.807) is 0 Å². The summed E-state index contributed by atoms with van der Waals surface area (Å²) >= 11 is 0. The van der Waals surface area contributed by atoms with Gasteiger partial charge in [-0.25, -0.2) is 0 Å².